The minimum atomic E-state index is -0.119. The Morgan fingerprint density at radius 3 is 2.67 bits per heavy atom. The van der Waals surface area contributed by atoms with Crippen molar-refractivity contribution >= 4 is 28.3 Å². The summed E-state index contributed by atoms with van der Waals surface area (Å²) in [6.45, 7) is 3.13. The van der Waals surface area contributed by atoms with Crippen LogP contribution in [0.25, 0.3) is 27.9 Å². The molecule has 1 aromatic carbocycles. The second-order valence-corrected chi connectivity index (χ2v) is 7.10. The summed E-state index contributed by atoms with van der Waals surface area (Å²) in [4.78, 5) is 24.2. The highest BCUT2D eigenvalue weighted by Crippen LogP contribution is 2.31. The molecular weight excluding hydrogens is 364 g/mol. The average molecular weight is 383 g/mol. The molecule has 4 aromatic rings. The second kappa shape index (κ2) is 6.75. The maximum absolute atomic E-state index is 13.3. The highest BCUT2D eigenvalue weighted by molar-refractivity contribution is 6.33. The van der Waals surface area contributed by atoms with Gasteiger partial charge in [0.2, 0.25) is 0 Å². The van der Waals surface area contributed by atoms with Gasteiger partial charge in [-0.15, -0.1) is 5.10 Å². The van der Waals surface area contributed by atoms with E-state index in [9.17, 15) is 4.79 Å². The number of halogens is 1. The van der Waals surface area contributed by atoms with Crippen LogP contribution >= 0.6 is 11.6 Å². The van der Waals surface area contributed by atoms with E-state index in [1.807, 2.05) is 43.3 Å². The maximum Gasteiger partial charge on any atom is 0.262 e. The minimum absolute atomic E-state index is 0.119. The molecule has 0 aliphatic rings. The van der Waals surface area contributed by atoms with Crippen molar-refractivity contribution in [3.05, 3.63) is 57.7 Å². The lowest BCUT2D eigenvalue weighted by atomic mass is 10.1. The fraction of sp³-hybridized carbons (Fsp3) is 0.263. The minimum Gasteiger partial charge on any atom is -0.314 e. The fourth-order valence-electron chi connectivity index (χ4n) is 3.11. The van der Waals surface area contributed by atoms with Crippen molar-refractivity contribution in [1.82, 2.24) is 29.0 Å². The summed E-state index contributed by atoms with van der Waals surface area (Å²) < 4.78 is 3.30. The predicted octanol–water partition coefficient (Wildman–Crippen LogP) is 2.63. The van der Waals surface area contributed by atoms with Crippen LogP contribution in [-0.4, -0.2) is 49.7 Å². The van der Waals surface area contributed by atoms with Crippen molar-refractivity contribution in [2.75, 3.05) is 20.6 Å². The number of fused-ring (bicyclic) bond motifs is 2. The molecule has 0 aliphatic heterocycles. The summed E-state index contributed by atoms with van der Waals surface area (Å²) in [5, 5.41) is 5.49. The lowest BCUT2D eigenvalue weighted by Gasteiger charge is -2.14. The average Bonchev–Trinajstić information content (AvgIpc) is 3.00. The zero-order valence-corrected chi connectivity index (χ0v) is 16.1. The Balaban J connectivity index is 2.10. The first-order valence-electron chi connectivity index (χ1n) is 8.62. The molecule has 7 nitrogen and oxygen atoms in total. The van der Waals surface area contributed by atoms with Crippen LogP contribution in [0.2, 0.25) is 5.02 Å². The van der Waals surface area contributed by atoms with Crippen LogP contribution in [0.4, 0.5) is 0 Å². The lowest BCUT2D eigenvalue weighted by molar-refractivity contribution is 0.381. The number of pyridine rings is 1. The number of rotatable bonds is 4. The van der Waals surface area contributed by atoms with Gasteiger partial charge in [-0.25, -0.2) is 4.98 Å². The third-order valence-electron chi connectivity index (χ3n) is 4.43. The standard InChI is InChI=1S/C19H19ClN6O/c1-12-21-19-22-15-8-9-25(11-10-24(2)3)18(27)16(15)17(26(19)23-12)13-6-4-5-7-14(13)20/h4-9H,10-11H2,1-3H3. The predicted molar refractivity (Wildman–Crippen MR) is 106 cm³/mol. The second-order valence-electron chi connectivity index (χ2n) is 6.69. The van der Waals surface area contributed by atoms with Crippen LogP contribution in [0.1, 0.15) is 5.82 Å². The van der Waals surface area contributed by atoms with E-state index < -0.39 is 0 Å². The molecule has 8 heteroatoms. The van der Waals surface area contributed by atoms with Crippen LogP contribution in [0.15, 0.2) is 41.3 Å². The molecule has 0 fully saturated rings. The van der Waals surface area contributed by atoms with E-state index in [1.165, 1.54) is 0 Å². The van der Waals surface area contributed by atoms with Gasteiger partial charge in [-0.2, -0.15) is 9.50 Å². The highest BCUT2D eigenvalue weighted by atomic mass is 35.5. The van der Waals surface area contributed by atoms with Gasteiger partial charge in [0, 0.05) is 29.9 Å². The number of hydrogen-bond acceptors (Lipinski definition) is 5. The fourth-order valence-corrected chi connectivity index (χ4v) is 3.33. The van der Waals surface area contributed by atoms with Gasteiger partial charge in [-0.3, -0.25) is 4.79 Å². The molecule has 0 aliphatic carbocycles. The van der Waals surface area contributed by atoms with Gasteiger partial charge in [-0.1, -0.05) is 29.8 Å². The molecular formula is C19H19ClN6O. The number of aromatic nitrogens is 5. The molecule has 3 aromatic heterocycles. The number of hydrogen-bond donors (Lipinski definition) is 0. The van der Waals surface area contributed by atoms with Gasteiger partial charge >= 0.3 is 0 Å². The Bertz CT molecular complexity index is 1210. The summed E-state index contributed by atoms with van der Waals surface area (Å²) in [7, 11) is 3.95. The molecule has 4 rings (SSSR count). The van der Waals surface area contributed by atoms with Crippen molar-refractivity contribution in [1.29, 1.82) is 0 Å². The third-order valence-corrected chi connectivity index (χ3v) is 4.75. The van der Waals surface area contributed by atoms with E-state index >= 15 is 0 Å². The molecule has 0 atom stereocenters. The van der Waals surface area contributed by atoms with E-state index in [1.54, 1.807) is 28.3 Å². The molecule has 0 bridgehead atoms. The summed E-state index contributed by atoms with van der Waals surface area (Å²) in [5.41, 5.74) is 1.80. The van der Waals surface area contributed by atoms with Crippen molar-refractivity contribution < 1.29 is 0 Å². The molecule has 0 spiro atoms. The molecule has 0 unspecified atom stereocenters. The molecule has 27 heavy (non-hydrogen) atoms. The Kier molecular flexibility index (Phi) is 4.41. The van der Waals surface area contributed by atoms with Gasteiger partial charge in [-0.05, 0) is 33.2 Å². The van der Waals surface area contributed by atoms with Crippen molar-refractivity contribution in [3.8, 4) is 11.3 Å². The van der Waals surface area contributed by atoms with E-state index in [4.69, 9.17) is 11.6 Å². The van der Waals surface area contributed by atoms with E-state index in [0.29, 0.717) is 39.8 Å². The van der Waals surface area contributed by atoms with Crippen LogP contribution in [0.3, 0.4) is 0 Å². The van der Waals surface area contributed by atoms with Crippen LogP contribution < -0.4 is 5.56 Å². The summed E-state index contributed by atoms with van der Waals surface area (Å²) >= 11 is 6.46. The molecule has 0 radical (unpaired) electrons. The van der Waals surface area contributed by atoms with Gasteiger partial charge in [0.25, 0.3) is 11.3 Å². The first kappa shape index (κ1) is 17.6. The molecule has 138 valence electrons. The zero-order valence-electron chi connectivity index (χ0n) is 15.3. The van der Waals surface area contributed by atoms with E-state index in [2.05, 4.69) is 15.1 Å². The molecule has 0 saturated carbocycles. The number of aryl methyl sites for hydroxylation is 1. The third kappa shape index (κ3) is 3.09. The van der Waals surface area contributed by atoms with Crippen LogP contribution in [0, 0.1) is 6.92 Å². The van der Waals surface area contributed by atoms with E-state index in [0.717, 1.165) is 12.1 Å². The van der Waals surface area contributed by atoms with Gasteiger partial charge in [0.1, 0.15) is 5.82 Å². The van der Waals surface area contributed by atoms with E-state index in [-0.39, 0.29) is 5.56 Å². The quantitative estimate of drug-likeness (QED) is 0.542. The molecule has 0 amide bonds. The number of likely N-dealkylation sites (N-methyl/N-ethyl adjacent to an activating group) is 1. The monoisotopic (exact) mass is 382 g/mol. The van der Waals surface area contributed by atoms with Crippen molar-refractivity contribution in [2.45, 2.75) is 13.5 Å². The van der Waals surface area contributed by atoms with Gasteiger partial charge < -0.3 is 9.47 Å². The van der Waals surface area contributed by atoms with Gasteiger partial charge in [0.15, 0.2) is 0 Å². The first-order chi connectivity index (χ1) is 13.0. The highest BCUT2D eigenvalue weighted by Gasteiger charge is 2.19. The van der Waals surface area contributed by atoms with Crippen molar-refractivity contribution in [3.63, 3.8) is 0 Å². The number of benzene rings is 1. The smallest absolute Gasteiger partial charge is 0.262 e. The maximum atomic E-state index is 13.3. The Morgan fingerprint density at radius 2 is 1.93 bits per heavy atom. The normalized spacial score (nSPS) is 11.7. The Labute approximate surface area is 160 Å². The van der Waals surface area contributed by atoms with Crippen LogP contribution in [-0.2, 0) is 6.54 Å². The number of nitrogens with zero attached hydrogens (tertiary/aromatic N) is 6. The molecule has 0 N–H and O–H groups in total. The zero-order chi connectivity index (χ0) is 19.1. The topological polar surface area (TPSA) is 68.3 Å². The molecule has 0 saturated heterocycles. The first-order valence-corrected chi connectivity index (χ1v) is 8.99. The Morgan fingerprint density at radius 1 is 1.15 bits per heavy atom. The van der Waals surface area contributed by atoms with Crippen molar-refractivity contribution in [2.24, 2.45) is 0 Å². The molecule has 3 heterocycles. The van der Waals surface area contributed by atoms with Crippen LogP contribution in [0.5, 0.6) is 0 Å². The largest absolute Gasteiger partial charge is 0.314 e. The Hall–Kier alpha value is -2.77. The summed E-state index contributed by atoms with van der Waals surface area (Å²) in [5.74, 6) is 1.03. The summed E-state index contributed by atoms with van der Waals surface area (Å²) in [6, 6.07) is 9.26. The van der Waals surface area contributed by atoms with Gasteiger partial charge in [0.05, 0.1) is 16.6 Å². The SMILES string of the molecule is Cc1nc2nc3ccn(CCN(C)C)c(=O)c3c(-c3ccccc3Cl)n2n1. The summed E-state index contributed by atoms with van der Waals surface area (Å²) in [6.07, 6.45) is 1.78. The lowest BCUT2D eigenvalue weighted by Crippen LogP contribution is -2.27.